The Kier molecular flexibility index (Phi) is 5.07. The standard InChI is InChI=1S/C19H24FN5O2/c20-15-5-3-13(4-6-15)14-10-17(18(11-14)25-21-7-8-22-25)24-9-1-2-16(12-24)23-19(26)27/h3-8,14,16-18,23H,1-2,9-12H2,(H,26,27)/t14?,16-,17?,18?/m1/s1. The molecule has 0 spiro atoms. The highest BCUT2D eigenvalue weighted by Crippen LogP contribution is 2.43. The molecule has 4 atom stereocenters. The van der Waals surface area contributed by atoms with Crippen LogP contribution < -0.4 is 5.32 Å². The van der Waals surface area contributed by atoms with E-state index in [9.17, 15) is 9.18 Å². The molecule has 2 heterocycles. The highest BCUT2D eigenvalue weighted by atomic mass is 19.1. The van der Waals surface area contributed by atoms with Gasteiger partial charge in [-0.1, -0.05) is 12.1 Å². The van der Waals surface area contributed by atoms with Gasteiger partial charge < -0.3 is 10.4 Å². The van der Waals surface area contributed by atoms with E-state index in [-0.39, 0.29) is 23.9 Å². The molecule has 27 heavy (non-hydrogen) atoms. The monoisotopic (exact) mass is 373 g/mol. The third-order valence-electron chi connectivity index (χ3n) is 5.82. The highest BCUT2D eigenvalue weighted by molar-refractivity contribution is 5.64. The number of halogens is 1. The van der Waals surface area contributed by atoms with Crippen LogP contribution in [0.5, 0.6) is 0 Å². The Morgan fingerprint density at radius 2 is 1.85 bits per heavy atom. The minimum atomic E-state index is -0.970. The van der Waals surface area contributed by atoms with Crippen LogP contribution >= 0.6 is 0 Å². The number of piperidine rings is 1. The predicted molar refractivity (Wildman–Crippen MR) is 97.0 cm³/mol. The molecule has 8 heteroatoms. The zero-order valence-corrected chi connectivity index (χ0v) is 15.0. The van der Waals surface area contributed by atoms with E-state index >= 15 is 0 Å². The van der Waals surface area contributed by atoms with Crippen LogP contribution in [0, 0.1) is 5.82 Å². The van der Waals surface area contributed by atoms with Crippen LogP contribution in [0.2, 0.25) is 0 Å². The van der Waals surface area contributed by atoms with E-state index in [4.69, 9.17) is 5.11 Å². The maximum Gasteiger partial charge on any atom is 0.404 e. The fourth-order valence-corrected chi connectivity index (χ4v) is 4.64. The van der Waals surface area contributed by atoms with Gasteiger partial charge in [0.05, 0.1) is 18.4 Å². The smallest absolute Gasteiger partial charge is 0.404 e. The molecule has 1 aromatic heterocycles. The number of aromatic nitrogens is 3. The molecular weight excluding hydrogens is 349 g/mol. The van der Waals surface area contributed by atoms with Crippen LogP contribution in [0.1, 0.15) is 43.2 Å². The molecule has 1 amide bonds. The highest BCUT2D eigenvalue weighted by Gasteiger charge is 2.41. The van der Waals surface area contributed by atoms with Crippen LogP contribution in [0.4, 0.5) is 9.18 Å². The van der Waals surface area contributed by atoms with Crippen molar-refractivity contribution in [1.82, 2.24) is 25.2 Å². The Morgan fingerprint density at radius 3 is 2.56 bits per heavy atom. The molecule has 3 unspecified atom stereocenters. The van der Waals surface area contributed by atoms with E-state index in [0.717, 1.165) is 37.8 Å². The van der Waals surface area contributed by atoms with Gasteiger partial charge in [0.15, 0.2) is 0 Å². The van der Waals surface area contributed by atoms with Crippen molar-refractivity contribution < 1.29 is 14.3 Å². The van der Waals surface area contributed by atoms with Crippen LogP contribution in [0.3, 0.4) is 0 Å². The van der Waals surface area contributed by atoms with Gasteiger partial charge >= 0.3 is 6.09 Å². The Balaban J connectivity index is 1.55. The van der Waals surface area contributed by atoms with E-state index in [1.807, 2.05) is 12.1 Å². The SMILES string of the molecule is O=C(O)N[C@@H]1CCCN(C2CC(c3ccc(F)cc3)CC2n2nccn2)C1. The summed E-state index contributed by atoms with van der Waals surface area (Å²) in [6, 6.07) is 7.05. The van der Waals surface area contributed by atoms with Gasteiger partial charge in [-0.25, -0.2) is 9.18 Å². The molecule has 4 rings (SSSR count). The van der Waals surface area contributed by atoms with Gasteiger partial charge in [0.1, 0.15) is 5.82 Å². The Morgan fingerprint density at radius 1 is 1.15 bits per heavy atom. The second kappa shape index (κ2) is 7.64. The first-order valence-electron chi connectivity index (χ1n) is 9.45. The molecule has 144 valence electrons. The average molecular weight is 373 g/mol. The summed E-state index contributed by atoms with van der Waals surface area (Å²) in [7, 11) is 0. The van der Waals surface area contributed by atoms with E-state index < -0.39 is 6.09 Å². The Hall–Kier alpha value is -2.48. The molecule has 1 aliphatic heterocycles. The number of likely N-dealkylation sites (tertiary alicyclic amines) is 1. The van der Waals surface area contributed by atoms with E-state index in [0.29, 0.717) is 12.5 Å². The summed E-state index contributed by atoms with van der Waals surface area (Å²) in [4.78, 5) is 15.2. The van der Waals surface area contributed by atoms with E-state index in [1.54, 1.807) is 17.2 Å². The van der Waals surface area contributed by atoms with Gasteiger partial charge in [-0.15, -0.1) is 0 Å². The molecule has 7 nitrogen and oxygen atoms in total. The number of benzene rings is 1. The topological polar surface area (TPSA) is 83.3 Å². The minimum Gasteiger partial charge on any atom is -0.465 e. The van der Waals surface area contributed by atoms with Crippen molar-refractivity contribution in [3.05, 3.63) is 48.0 Å². The summed E-state index contributed by atoms with van der Waals surface area (Å²) in [6.45, 7) is 1.64. The lowest BCUT2D eigenvalue weighted by atomic mass is 9.97. The second-order valence-corrected chi connectivity index (χ2v) is 7.49. The normalized spacial score (nSPS) is 28.9. The number of carboxylic acid groups (broad SMARTS) is 1. The molecule has 0 bridgehead atoms. The third-order valence-corrected chi connectivity index (χ3v) is 5.82. The van der Waals surface area contributed by atoms with Gasteiger partial charge in [-0.3, -0.25) is 4.90 Å². The zero-order valence-electron chi connectivity index (χ0n) is 15.0. The average Bonchev–Trinajstić information content (AvgIpc) is 3.32. The number of nitrogens with one attached hydrogen (secondary N) is 1. The first kappa shape index (κ1) is 17.9. The lowest BCUT2D eigenvalue weighted by Crippen LogP contribution is -2.52. The van der Waals surface area contributed by atoms with Crippen LogP contribution in [0.25, 0.3) is 0 Å². The summed E-state index contributed by atoms with van der Waals surface area (Å²) in [5.74, 6) is 0.0802. The lowest BCUT2D eigenvalue weighted by molar-refractivity contribution is 0.103. The molecule has 1 aromatic carbocycles. The van der Waals surface area contributed by atoms with E-state index in [1.165, 1.54) is 12.1 Å². The van der Waals surface area contributed by atoms with Crippen molar-refractivity contribution in [3.63, 3.8) is 0 Å². The Labute approximate surface area is 157 Å². The number of hydrogen-bond acceptors (Lipinski definition) is 4. The fraction of sp³-hybridized carbons (Fsp3) is 0.526. The summed E-state index contributed by atoms with van der Waals surface area (Å²) in [5.41, 5.74) is 1.13. The first-order valence-corrected chi connectivity index (χ1v) is 9.45. The van der Waals surface area contributed by atoms with Crippen molar-refractivity contribution in [2.24, 2.45) is 0 Å². The molecule has 1 saturated carbocycles. The largest absolute Gasteiger partial charge is 0.465 e. The van der Waals surface area contributed by atoms with E-state index in [2.05, 4.69) is 20.4 Å². The summed E-state index contributed by atoms with van der Waals surface area (Å²) in [6.07, 6.45) is 6.04. The number of nitrogens with zero attached hydrogens (tertiary/aromatic N) is 4. The first-order chi connectivity index (χ1) is 13.1. The Bertz CT molecular complexity index is 767. The van der Waals surface area contributed by atoms with Crippen LogP contribution in [-0.4, -0.2) is 56.3 Å². The minimum absolute atomic E-state index is 0.0487. The van der Waals surface area contributed by atoms with Gasteiger partial charge in [0.2, 0.25) is 0 Å². The lowest BCUT2D eigenvalue weighted by Gasteiger charge is -2.38. The number of carbonyl (C=O) groups is 1. The van der Waals surface area contributed by atoms with Crippen LogP contribution in [0.15, 0.2) is 36.7 Å². The van der Waals surface area contributed by atoms with Crippen molar-refractivity contribution in [3.8, 4) is 0 Å². The fourth-order valence-electron chi connectivity index (χ4n) is 4.64. The molecule has 2 aromatic rings. The van der Waals surface area contributed by atoms with Crippen LogP contribution in [-0.2, 0) is 0 Å². The summed E-state index contributed by atoms with van der Waals surface area (Å²) in [5, 5.41) is 20.4. The molecule has 2 fully saturated rings. The quantitative estimate of drug-likeness (QED) is 0.861. The summed E-state index contributed by atoms with van der Waals surface area (Å²) < 4.78 is 13.3. The van der Waals surface area contributed by atoms with Gasteiger partial charge in [0.25, 0.3) is 0 Å². The summed E-state index contributed by atoms with van der Waals surface area (Å²) >= 11 is 0. The molecule has 1 aliphatic carbocycles. The third kappa shape index (κ3) is 3.95. The number of amides is 1. The van der Waals surface area contributed by atoms with Crippen molar-refractivity contribution in [2.45, 2.75) is 49.7 Å². The van der Waals surface area contributed by atoms with Gasteiger partial charge in [-0.05, 0) is 55.8 Å². The van der Waals surface area contributed by atoms with Gasteiger partial charge in [0, 0.05) is 18.6 Å². The number of hydrogen-bond donors (Lipinski definition) is 2. The van der Waals surface area contributed by atoms with Crippen molar-refractivity contribution >= 4 is 6.09 Å². The molecular formula is C19H24FN5O2. The zero-order chi connectivity index (χ0) is 18.8. The molecule has 1 saturated heterocycles. The predicted octanol–water partition coefficient (Wildman–Crippen LogP) is 2.64. The van der Waals surface area contributed by atoms with Crippen molar-refractivity contribution in [2.75, 3.05) is 13.1 Å². The molecule has 2 aliphatic rings. The van der Waals surface area contributed by atoms with Crippen molar-refractivity contribution in [1.29, 1.82) is 0 Å². The maximum absolute atomic E-state index is 13.3. The second-order valence-electron chi connectivity index (χ2n) is 7.49. The molecule has 2 N–H and O–H groups in total. The van der Waals surface area contributed by atoms with Gasteiger partial charge in [-0.2, -0.15) is 15.0 Å². The molecule has 0 radical (unpaired) electrons. The number of rotatable bonds is 4. The maximum atomic E-state index is 13.3.